The normalized spacial score (nSPS) is 14.8. The summed E-state index contributed by atoms with van der Waals surface area (Å²) in [7, 11) is 0. The first-order chi connectivity index (χ1) is 16.8. The number of benzene rings is 3. The summed E-state index contributed by atoms with van der Waals surface area (Å²) in [6, 6.07) is 27.0. The molecule has 3 aromatic carbocycles. The number of ether oxygens (including phenoxy) is 2. The van der Waals surface area contributed by atoms with Crippen LogP contribution in [0.3, 0.4) is 0 Å². The molecule has 8 nitrogen and oxygen atoms in total. The van der Waals surface area contributed by atoms with E-state index in [9.17, 15) is 0 Å². The third-order valence-electron chi connectivity index (χ3n) is 5.45. The predicted molar refractivity (Wildman–Crippen MR) is 127 cm³/mol. The van der Waals surface area contributed by atoms with Crippen LogP contribution in [0.4, 0.5) is 0 Å². The summed E-state index contributed by atoms with van der Waals surface area (Å²) in [5.74, 6) is 2.87. The van der Waals surface area contributed by atoms with Gasteiger partial charge in [-0.2, -0.15) is 5.10 Å². The van der Waals surface area contributed by atoms with Crippen molar-refractivity contribution in [3.63, 3.8) is 0 Å². The van der Waals surface area contributed by atoms with Gasteiger partial charge in [-0.1, -0.05) is 48.5 Å². The lowest BCUT2D eigenvalue weighted by Crippen LogP contribution is -2.24. The highest BCUT2D eigenvalue weighted by Gasteiger charge is 2.29. The van der Waals surface area contributed by atoms with Crippen molar-refractivity contribution < 1.29 is 13.9 Å². The minimum Gasteiger partial charge on any atom is -0.485 e. The molecule has 0 bridgehead atoms. The van der Waals surface area contributed by atoms with Crippen molar-refractivity contribution in [1.29, 1.82) is 0 Å². The van der Waals surface area contributed by atoms with E-state index in [0.29, 0.717) is 40.5 Å². The lowest BCUT2D eigenvalue weighted by Gasteiger charge is -2.26. The van der Waals surface area contributed by atoms with E-state index in [1.165, 1.54) is 0 Å². The summed E-state index contributed by atoms with van der Waals surface area (Å²) in [6.45, 7) is 0.546. The Morgan fingerprint density at radius 2 is 1.56 bits per heavy atom. The second kappa shape index (κ2) is 8.60. The number of rotatable bonds is 5. The molecule has 0 N–H and O–H groups in total. The molecule has 0 radical (unpaired) electrons. The van der Waals surface area contributed by atoms with Gasteiger partial charge in [0.1, 0.15) is 13.2 Å². The molecule has 0 saturated heterocycles. The van der Waals surface area contributed by atoms with Crippen LogP contribution in [-0.4, -0.2) is 31.2 Å². The molecule has 1 unspecified atom stereocenters. The SMILES string of the molecule is S=c1n(Cc2nnc(-c3ccccc3)o2)nc(C2COc3ccccc3O2)n1-c1ccccc1. The van der Waals surface area contributed by atoms with Crippen LogP contribution in [0.5, 0.6) is 11.5 Å². The molecular formula is C25H19N5O3S. The summed E-state index contributed by atoms with van der Waals surface area (Å²) < 4.78 is 22.1. The van der Waals surface area contributed by atoms with Gasteiger partial charge >= 0.3 is 0 Å². The summed E-state index contributed by atoms with van der Waals surface area (Å²) >= 11 is 5.82. The maximum absolute atomic E-state index is 6.24. The molecule has 1 aliphatic rings. The second-order valence-corrected chi connectivity index (χ2v) is 8.07. The van der Waals surface area contributed by atoms with Gasteiger partial charge in [-0.3, -0.25) is 4.57 Å². The molecule has 9 heteroatoms. The van der Waals surface area contributed by atoms with E-state index in [4.69, 9.17) is 31.2 Å². The predicted octanol–water partition coefficient (Wildman–Crippen LogP) is 5.01. The Hall–Kier alpha value is -4.24. The van der Waals surface area contributed by atoms with E-state index in [2.05, 4.69) is 10.2 Å². The molecule has 6 rings (SSSR count). The van der Waals surface area contributed by atoms with Crippen LogP contribution < -0.4 is 9.47 Å². The Balaban J connectivity index is 1.37. The maximum atomic E-state index is 6.24. The number of aromatic nitrogens is 5. The van der Waals surface area contributed by atoms with Crippen LogP contribution in [0.25, 0.3) is 17.1 Å². The largest absolute Gasteiger partial charge is 0.485 e. The quantitative estimate of drug-likeness (QED) is 0.335. The Kier molecular flexibility index (Phi) is 5.15. The van der Waals surface area contributed by atoms with Gasteiger partial charge in [0.2, 0.25) is 16.6 Å². The standard InChI is InChI=1S/C25H19N5O3S/c34-25-29(15-22-26-27-24(33-22)17-9-3-1-4-10-17)28-23(30(25)18-11-5-2-6-12-18)21-16-31-19-13-7-8-14-20(19)32-21/h1-14,21H,15-16H2. The topological polar surface area (TPSA) is 80.1 Å². The van der Waals surface area contributed by atoms with E-state index in [1.807, 2.05) is 89.5 Å². The molecule has 0 saturated carbocycles. The van der Waals surface area contributed by atoms with Crippen LogP contribution >= 0.6 is 12.2 Å². The molecule has 0 fully saturated rings. The molecule has 0 aliphatic carbocycles. The van der Waals surface area contributed by atoms with E-state index in [-0.39, 0.29) is 6.54 Å². The summed E-state index contributed by atoms with van der Waals surface area (Å²) in [5, 5.41) is 13.2. The van der Waals surface area contributed by atoms with Crippen LogP contribution in [0.1, 0.15) is 17.8 Å². The third kappa shape index (κ3) is 3.75. The Bertz CT molecular complexity index is 1490. The third-order valence-corrected chi connectivity index (χ3v) is 5.84. The molecule has 5 aromatic rings. The number of fused-ring (bicyclic) bond motifs is 1. The average Bonchev–Trinajstić information content (AvgIpc) is 3.49. The van der Waals surface area contributed by atoms with Gasteiger partial charge in [0.05, 0.1) is 0 Å². The molecule has 1 atom stereocenters. The smallest absolute Gasteiger partial charge is 0.247 e. The van der Waals surface area contributed by atoms with Crippen molar-refractivity contribution in [2.75, 3.05) is 6.61 Å². The first kappa shape index (κ1) is 20.4. The fourth-order valence-corrected chi connectivity index (χ4v) is 4.15. The van der Waals surface area contributed by atoms with Crippen LogP contribution in [0.2, 0.25) is 0 Å². The van der Waals surface area contributed by atoms with Crippen molar-refractivity contribution in [3.05, 3.63) is 101 Å². The van der Waals surface area contributed by atoms with E-state index in [0.717, 1.165) is 11.3 Å². The van der Waals surface area contributed by atoms with Crippen molar-refractivity contribution in [2.45, 2.75) is 12.6 Å². The molecular weight excluding hydrogens is 450 g/mol. The highest BCUT2D eigenvalue weighted by Crippen LogP contribution is 2.36. The first-order valence-corrected chi connectivity index (χ1v) is 11.2. The van der Waals surface area contributed by atoms with Crippen LogP contribution in [0.15, 0.2) is 89.3 Å². The minimum absolute atomic E-state index is 0.232. The van der Waals surface area contributed by atoms with E-state index >= 15 is 0 Å². The molecule has 0 spiro atoms. The zero-order valence-corrected chi connectivity index (χ0v) is 18.8. The zero-order chi connectivity index (χ0) is 22.9. The van der Waals surface area contributed by atoms with E-state index in [1.54, 1.807) is 4.68 Å². The highest BCUT2D eigenvalue weighted by atomic mass is 32.1. The number of para-hydroxylation sites is 3. The lowest BCUT2D eigenvalue weighted by atomic mass is 10.2. The van der Waals surface area contributed by atoms with Crippen molar-refractivity contribution in [2.24, 2.45) is 0 Å². The molecule has 34 heavy (non-hydrogen) atoms. The fourth-order valence-electron chi connectivity index (χ4n) is 3.85. The van der Waals surface area contributed by atoms with Crippen LogP contribution in [-0.2, 0) is 6.54 Å². The van der Waals surface area contributed by atoms with Gasteiger partial charge in [0.25, 0.3) is 0 Å². The van der Waals surface area contributed by atoms with Crippen molar-refractivity contribution >= 4 is 12.2 Å². The van der Waals surface area contributed by atoms with Gasteiger partial charge in [-0.15, -0.1) is 10.2 Å². The van der Waals surface area contributed by atoms with Gasteiger partial charge in [-0.05, 0) is 48.6 Å². The van der Waals surface area contributed by atoms with Gasteiger partial charge in [0.15, 0.2) is 23.4 Å². The number of hydrogen-bond acceptors (Lipinski definition) is 7. The zero-order valence-electron chi connectivity index (χ0n) is 17.9. The van der Waals surface area contributed by atoms with Gasteiger partial charge in [-0.25, -0.2) is 4.68 Å². The van der Waals surface area contributed by atoms with Crippen molar-refractivity contribution in [1.82, 2.24) is 24.5 Å². The summed E-state index contributed by atoms with van der Waals surface area (Å²) in [5.41, 5.74) is 1.73. The monoisotopic (exact) mass is 469 g/mol. The Labute approximate surface area is 200 Å². The minimum atomic E-state index is -0.444. The summed E-state index contributed by atoms with van der Waals surface area (Å²) in [6.07, 6.45) is -0.444. The molecule has 168 valence electrons. The molecule has 3 heterocycles. The lowest BCUT2D eigenvalue weighted by molar-refractivity contribution is 0.0834. The summed E-state index contributed by atoms with van der Waals surface area (Å²) in [4.78, 5) is 0. The fraction of sp³-hybridized carbons (Fsp3) is 0.120. The first-order valence-electron chi connectivity index (χ1n) is 10.8. The Morgan fingerprint density at radius 3 is 2.35 bits per heavy atom. The van der Waals surface area contributed by atoms with Gasteiger partial charge < -0.3 is 13.9 Å². The van der Waals surface area contributed by atoms with E-state index < -0.39 is 6.10 Å². The Morgan fingerprint density at radius 1 is 0.853 bits per heavy atom. The second-order valence-electron chi connectivity index (χ2n) is 7.70. The molecule has 1 aliphatic heterocycles. The molecule has 2 aromatic heterocycles. The van der Waals surface area contributed by atoms with Crippen molar-refractivity contribution in [3.8, 4) is 28.6 Å². The number of hydrogen-bond donors (Lipinski definition) is 0. The highest BCUT2D eigenvalue weighted by molar-refractivity contribution is 7.71. The molecule has 0 amide bonds. The maximum Gasteiger partial charge on any atom is 0.247 e. The van der Waals surface area contributed by atoms with Crippen LogP contribution in [0, 0.1) is 4.77 Å². The number of nitrogens with zero attached hydrogens (tertiary/aromatic N) is 5. The average molecular weight is 470 g/mol. The van der Waals surface area contributed by atoms with Gasteiger partial charge in [0, 0.05) is 11.3 Å².